The number of halogens is 2. The van der Waals surface area contributed by atoms with Crippen LogP contribution in [-0.4, -0.2) is 34.6 Å². The van der Waals surface area contributed by atoms with E-state index in [0.717, 1.165) is 28.8 Å². The topological polar surface area (TPSA) is 56.3 Å². The van der Waals surface area contributed by atoms with E-state index in [9.17, 15) is 0 Å². The molecule has 0 bridgehead atoms. The van der Waals surface area contributed by atoms with E-state index in [4.69, 9.17) is 11.6 Å². The molecule has 2 rings (SSSR count). The maximum absolute atomic E-state index is 6.21. The summed E-state index contributed by atoms with van der Waals surface area (Å²) >= 11 is 6.21. The molecule has 120 valence electrons. The Balaban J connectivity index is 0.00000242. The molecule has 0 saturated carbocycles. The Kier molecular flexibility index (Phi) is 8.26. The number of benzene rings is 1. The van der Waals surface area contributed by atoms with Crippen LogP contribution in [0.5, 0.6) is 0 Å². The average molecular weight is 434 g/mol. The Bertz CT molecular complexity index is 585. The summed E-state index contributed by atoms with van der Waals surface area (Å²) in [6.07, 6.45) is 1.73. The van der Waals surface area contributed by atoms with Gasteiger partial charge >= 0.3 is 0 Å². The molecule has 0 aliphatic heterocycles. The monoisotopic (exact) mass is 433 g/mol. The third kappa shape index (κ3) is 5.49. The van der Waals surface area contributed by atoms with Crippen LogP contribution in [0, 0.1) is 0 Å². The van der Waals surface area contributed by atoms with Gasteiger partial charge < -0.3 is 10.2 Å². The summed E-state index contributed by atoms with van der Waals surface area (Å²) in [6, 6.07) is 9.77. The van der Waals surface area contributed by atoms with E-state index in [2.05, 4.69) is 32.3 Å². The molecule has 0 aliphatic rings. The third-order valence-electron chi connectivity index (χ3n) is 3.02. The lowest BCUT2D eigenvalue weighted by atomic mass is 10.2. The van der Waals surface area contributed by atoms with Crippen LogP contribution in [0.15, 0.2) is 41.5 Å². The van der Waals surface area contributed by atoms with Gasteiger partial charge in [0, 0.05) is 31.4 Å². The molecule has 0 atom stereocenters. The Morgan fingerprint density at radius 3 is 2.77 bits per heavy atom. The second-order valence-corrected chi connectivity index (χ2v) is 5.11. The standard InChI is InChI=1S/C15H20ClN5.HI/c1-3-17-15(18-10-13-8-9-19-20-13)21(2)11-12-6-4-5-7-14(12)16;/h4-9H,3,10-11H2,1-2H3,(H,17,18)(H,19,20);1H. The average Bonchev–Trinajstić information content (AvgIpc) is 2.99. The molecule has 0 saturated heterocycles. The second-order valence-electron chi connectivity index (χ2n) is 4.70. The normalized spacial score (nSPS) is 11.0. The van der Waals surface area contributed by atoms with Gasteiger partial charge in [0.1, 0.15) is 0 Å². The van der Waals surface area contributed by atoms with Gasteiger partial charge in [0.05, 0.1) is 12.2 Å². The lowest BCUT2D eigenvalue weighted by Gasteiger charge is -2.22. The zero-order valence-corrected chi connectivity index (χ0v) is 15.8. The van der Waals surface area contributed by atoms with E-state index in [1.54, 1.807) is 6.20 Å². The predicted molar refractivity (Wildman–Crippen MR) is 102 cm³/mol. The van der Waals surface area contributed by atoms with E-state index in [-0.39, 0.29) is 24.0 Å². The molecule has 22 heavy (non-hydrogen) atoms. The second kappa shape index (κ2) is 9.68. The lowest BCUT2D eigenvalue weighted by Crippen LogP contribution is -2.38. The highest BCUT2D eigenvalue weighted by Gasteiger charge is 2.08. The molecule has 1 aromatic carbocycles. The first-order valence-corrected chi connectivity index (χ1v) is 7.29. The fourth-order valence-electron chi connectivity index (χ4n) is 1.96. The number of nitrogens with one attached hydrogen (secondary N) is 2. The molecular weight excluding hydrogens is 413 g/mol. The molecule has 1 aromatic heterocycles. The number of aromatic amines is 1. The Hall–Kier alpha value is -1.28. The van der Waals surface area contributed by atoms with Crippen molar-refractivity contribution in [3.8, 4) is 0 Å². The zero-order chi connectivity index (χ0) is 15.1. The minimum atomic E-state index is 0. The summed E-state index contributed by atoms with van der Waals surface area (Å²) < 4.78 is 0. The van der Waals surface area contributed by atoms with Crippen LogP contribution in [0.2, 0.25) is 5.02 Å². The summed E-state index contributed by atoms with van der Waals surface area (Å²) in [5.41, 5.74) is 2.06. The molecule has 1 heterocycles. The molecule has 0 radical (unpaired) electrons. The van der Waals surface area contributed by atoms with E-state index < -0.39 is 0 Å². The number of H-pyrrole nitrogens is 1. The van der Waals surface area contributed by atoms with Gasteiger partial charge in [-0.1, -0.05) is 29.8 Å². The molecule has 0 fully saturated rings. The minimum absolute atomic E-state index is 0. The lowest BCUT2D eigenvalue weighted by molar-refractivity contribution is 0.476. The number of nitrogens with zero attached hydrogens (tertiary/aromatic N) is 3. The zero-order valence-electron chi connectivity index (χ0n) is 12.7. The van der Waals surface area contributed by atoms with Crippen molar-refractivity contribution in [2.24, 2.45) is 4.99 Å². The van der Waals surface area contributed by atoms with Crippen molar-refractivity contribution in [1.29, 1.82) is 0 Å². The van der Waals surface area contributed by atoms with Crippen LogP contribution < -0.4 is 5.32 Å². The maximum Gasteiger partial charge on any atom is 0.194 e. The number of guanidine groups is 1. The van der Waals surface area contributed by atoms with Gasteiger partial charge in [-0.15, -0.1) is 24.0 Å². The summed E-state index contributed by atoms with van der Waals surface area (Å²) in [5, 5.41) is 10.9. The van der Waals surface area contributed by atoms with Gasteiger partial charge in [0.15, 0.2) is 5.96 Å². The van der Waals surface area contributed by atoms with Gasteiger partial charge in [-0.3, -0.25) is 5.10 Å². The van der Waals surface area contributed by atoms with E-state index in [1.807, 2.05) is 37.4 Å². The highest BCUT2D eigenvalue weighted by atomic mass is 127. The fourth-order valence-corrected chi connectivity index (χ4v) is 2.16. The SMILES string of the molecule is CCNC(=NCc1ccn[nH]1)N(C)Cc1ccccc1Cl.I. The number of aromatic nitrogens is 2. The first kappa shape index (κ1) is 18.8. The van der Waals surface area contributed by atoms with Gasteiger partial charge in [0.25, 0.3) is 0 Å². The fraction of sp³-hybridized carbons (Fsp3) is 0.333. The largest absolute Gasteiger partial charge is 0.357 e. The highest BCUT2D eigenvalue weighted by Crippen LogP contribution is 2.16. The van der Waals surface area contributed by atoms with E-state index in [1.165, 1.54) is 0 Å². The van der Waals surface area contributed by atoms with Gasteiger partial charge in [-0.25, -0.2) is 4.99 Å². The van der Waals surface area contributed by atoms with Crippen molar-refractivity contribution < 1.29 is 0 Å². The number of rotatable bonds is 5. The van der Waals surface area contributed by atoms with Crippen LogP contribution in [-0.2, 0) is 13.1 Å². The van der Waals surface area contributed by atoms with Crippen molar-refractivity contribution in [2.75, 3.05) is 13.6 Å². The molecule has 2 aromatic rings. The molecular formula is C15H21ClIN5. The Morgan fingerprint density at radius 2 is 2.14 bits per heavy atom. The van der Waals surface area contributed by atoms with E-state index >= 15 is 0 Å². The molecule has 2 N–H and O–H groups in total. The number of hydrogen-bond donors (Lipinski definition) is 2. The Morgan fingerprint density at radius 1 is 1.36 bits per heavy atom. The molecule has 0 spiro atoms. The molecule has 5 nitrogen and oxygen atoms in total. The highest BCUT2D eigenvalue weighted by molar-refractivity contribution is 14.0. The van der Waals surface area contributed by atoms with Crippen molar-refractivity contribution in [3.05, 3.63) is 52.8 Å². The van der Waals surface area contributed by atoms with Crippen LogP contribution in [0.4, 0.5) is 0 Å². The minimum Gasteiger partial charge on any atom is -0.357 e. The summed E-state index contributed by atoms with van der Waals surface area (Å²) in [5.74, 6) is 0.840. The van der Waals surface area contributed by atoms with Crippen LogP contribution in [0.3, 0.4) is 0 Å². The summed E-state index contributed by atoms with van der Waals surface area (Å²) in [7, 11) is 2.00. The van der Waals surface area contributed by atoms with Crippen LogP contribution in [0.1, 0.15) is 18.2 Å². The van der Waals surface area contributed by atoms with Crippen LogP contribution in [0.25, 0.3) is 0 Å². The first-order valence-electron chi connectivity index (χ1n) is 6.91. The van der Waals surface area contributed by atoms with Crippen molar-refractivity contribution >= 4 is 41.5 Å². The van der Waals surface area contributed by atoms with Gasteiger partial charge in [-0.2, -0.15) is 5.10 Å². The van der Waals surface area contributed by atoms with Crippen molar-refractivity contribution in [2.45, 2.75) is 20.0 Å². The van der Waals surface area contributed by atoms with Crippen molar-refractivity contribution in [3.63, 3.8) is 0 Å². The maximum atomic E-state index is 6.21. The van der Waals surface area contributed by atoms with E-state index in [0.29, 0.717) is 13.1 Å². The Labute approximate surface area is 153 Å². The quantitative estimate of drug-likeness (QED) is 0.432. The number of hydrogen-bond acceptors (Lipinski definition) is 2. The molecule has 0 aliphatic carbocycles. The summed E-state index contributed by atoms with van der Waals surface area (Å²) in [4.78, 5) is 6.66. The smallest absolute Gasteiger partial charge is 0.194 e. The first-order chi connectivity index (χ1) is 10.2. The predicted octanol–water partition coefficient (Wildman–Crippen LogP) is 3.28. The molecule has 0 amide bonds. The molecule has 0 unspecified atom stereocenters. The number of aliphatic imine (C=N–C) groups is 1. The van der Waals surface area contributed by atoms with Gasteiger partial charge in [0.2, 0.25) is 0 Å². The van der Waals surface area contributed by atoms with Crippen LogP contribution >= 0.6 is 35.6 Å². The third-order valence-corrected chi connectivity index (χ3v) is 3.39. The summed E-state index contributed by atoms with van der Waals surface area (Å²) in [6.45, 7) is 4.13. The van der Waals surface area contributed by atoms with Crippen molar-refractivity contribution in [1.82, 2.24) is 20.4 Å². The van der Waals surface area contributed by atoms with Gasteiger partial charge in [-0.05, 0) is 24.6 Å². The molecule has 7 heteroatoms.